The van der Waals surface area contributed by atoms with E-state index in [9.17, 15) is 8.42 Å². The molecule has 2 aromatic rings. The fourth-order valence-corrected chi connectivity index (χ4v) is 4.86. The number of likely N-dealkylation sites (tertiary alicyclic amines) is 1. The minimum atomic E-state index is -3.14. The van der Waals surface area contributed by atoms with Gasteiger partial charge in [0.2, 0.25) is 0 Å². The number of benzene rings is 2. The largest absolute Gasteiger partial charge is 0.300 e. The van der Waals surface area contributed by atoms with Gasteiger partial charge < -0.3 is 4.90 Å². The van der Waals surface area contributed by atoms with Gasteiger partial charge in [0.25, 0.3) is 0 Å². The molecule has 132 valence electrons. The number of sulfone groups is 1. The second-order valence-corrected chi connectivity index (χ2v) is 9.44. The van der Waals surface area contributed by atoms with Gasteiger partial charge >= 0.3 is 0 Å². The van der Waals surface area contributed by atoms with Gasteiger partial charge in [0.1, 0.15) is 0 Å². The van der Waals surface area contributed by atoms with Crippen LogP contribution in [0.2, 0.25) is 0 Å². The zero-order valence-corrected chi connectivity index (χ0v) is 15.6. The van der Waals surface area contributed by atoms with Gasteiger partial charge in [-0.15, -0.1) is 0 Å². The molecular weight excluding hydrogens is 330 g/mol. The highest BCUT2D eigenvalue weighted by Crippen LogP contribution is 2.30. The van der Waals surface area contributed by atoms with Gasteiger partial charge in [-0.2, -0.15) is 0 Å². The maximum atomic E-state index is 11.6. The molecule has 0 spiro atoms. The molecule has 2 aliphatic rings. The summed E-state index contributed by atoms with van der Waals surface area (Å²) in [6, 6.07) is 14.7. The average molecular weight is 356 g/mol. The van der Waals surface area contributed by atoms with Crippen LogP contribution in [0.3, 0.4) is 0 Å². The summed E-state index contributed by atoms with van der Waals surface area (Å²) in [5.74, 6) is 0. The summed E-state index contributed by atoms with van der Waals surface area (Å²) in [7, 11) is -3.14. The first-order chi connectivity index (χ1) is 12.0. The van der Waals surface area contributed by atoms with Crippen LogP contribution in [-0.4, -0.2) is 38.7 Å². The summed E-state index contributed by atoms with van der Waals surface area (Å²) in [4.78, 5) is 3.04. The number of hydrogen-bond acceptors (Lipinski definition) is 3. The minimum absolute atomic E-state index is 0.377. The molecular formula is C21H25NO2S. The molecule has 25 heavy (non-hydrogen) atoms. The van der Waals surface area contributed by atoms with Gasteiger partial charge in [-0.05, 0) is 79.6 Å². The van der Waals surface area contributed by atoms with E-state index in [2.05, 4.69) is 23.1 Å². The standard InChI is InChI=1S/C21H25NO2S/c1-25(23,24)21-10-7-16(8-11-21)17-4-5-19-15-20(9-6-18(19)14-17)22-12-2-3-13-22/h4-5,7-8,10-11,14,20H,2-3,6,9,12-13,15H2,1H3. The monoisotopic (exact) mass is 355 g/mol. The van der Waals surface area contributed by atoms with E-state index in [0.29, 0.717) is 4.90 Å². The van der Waals surface area contributed by atoms with Gasteiger partial charge in [0.15, 0.2) is 9.84 Å². The lowest BCUT2D eigenvalue weighted by atomic mass is 9.85. The van der Waals surface area contributed by atoms with Crippen molar-refractivity contribution in [1.82, 2.24) is 4.90 Å². The van der Waals surface area contributed by atoms with Crippen LogP contribution < -0.4 is 0 Å². The molecule has 1 aliphatic heterocycles. The van der Waals surface area contributed by atoms with Crippen LogP contribution in [0.25, 0.3) is 11.1 Å². The van der Waals surface area contributed by atoms with Gasteiger partial charge in [-0.25, -0.2) is 8.42 Å². The van der Waals surface area contributed by atoms with Crippen LogP contribution in [0.15, 0.2) is 47.4 Å². The third kappa shape index (κ3) is 3.51. The lowest BCUT2D eigenvalue weighted by molar-refractivity contribution is 0.222. The van der Waals surface area contributed by atoms with Gasteiger partial charge in [-0.1, -0.05) is 30.3 Å². The number of nitrogens with zero attached hydrogens (tertiary/aromatic N) is 1. The van der Waals surface area contributed by atoms with Crippen molar-refractivity contribution in [2.75, 3.05) is 19.3 Å². The molecule has 4 heteroatoms. The maximum absolute atomic E-state index is 11.6. The quantitative estimate of drug-likeness (QED) is 0.842. The molecule has 2 aromatic carbocycles. The highest BCUT2D eigenvalue weighted by atomic mass is 32.2. The van der Waals surface area contributed by atoms with Crippen molar-refractivity contribution >= 4 is 9.84 Å². The van der Waals surface area contributed by atoms with Gasteiger partial charge in [0.05, 0.1) is 4.90 Å². The molecule has 0 amide bonds. The Bertz CT molecular complexity index is 865. The predicted molar refractivity (Wildman–Crippen MR) is 102 cm³/mol. The summed E-state index contributed by atoms with van der Waals surface area (Å²) in [5.41, 5.74) is 5.20. The number of aryl methyl sites for hydroxylation is 1. The Hall–Kier alpha value is -1.65. The van der Waals surface area contributed by atoms with Crippen LogP contribution >= 0.6 is 0 Å². The lowest BCUT2D eigenvalue weighted by Gasteiger charge is -2.32. The van der Waals surface area contributed by atoms with Crippen LogP contribution in [0.5, 0.6) is 0 Å². The molecule has 0 bridgehead atoms. The predicted octanol–water partition coefficient (Wildman–Crippen LogP) is 3.71. The molecule has 0 N–H and O–H groups in total. The number of rotatable bonds is 3. The van der Waals surface area contributed by atoms with Gasteiger partial charge in [-0.3, -0.25) is 0 Å². The Labute approximate surface area is 150 Å². The van der Waals surface area contributed by atoms with E-state index < -0.39 is 9.84 Å². The molecule has 1 unspecified atom stereocenters. The SMILES string of the molecule is CS(=O)(=O)c1ccc(-c2ccc3c(c2)CCC(N2CCCC2)C3)cc1. The number of fused-ring (bicyclic) bond motifs is 1. The highest BCUT2D eigenvalue weighted by molar-refractivity contribution is 7.90. The number of hydrogen-bond donors (Lipinski definition) is 0. The molecule has 4 rings (SSSR count). The highest BCUT2D eigenvalue weighted by Gasteiger charge is 2.26. The van der Waals surface area contributed by atoms with E-state index in [0.717, 1.165) is 18.0 Å². The van der Waals surface area contributed by atoms with E-state index >= 15 is 0 Å². The van der Waals surface area contributed by atoms with Gasteiger partial charge in [0, 0.05) is 12.3 Å². The molecule has 0 aromatic heterocycles. The first kappa shape index (κ1) is 16.8. The second kappa shape index (κ2) is 6.58. The second-order valence-electron chi connectivity index (χ2n) is 7.42. The molecule has 1 saturated heterocycles. The van der Waals surface area contributed by atoms with Crippen molar-refractivity contribution in [2.45, 2.75) is 43.0 Å². The van der Waals surface area contributed by atoms with E-state index in [1.807, 2.05) is 12.1 Å². The third-order valence-electron chi connectivity index (χ3n) is 5.68. The van der Waals surface area contributed by atoms with Crippen molar-refractivity contribution in [3.8, 4) is 11.1 Å². The first-order valence-corrected chi connectivity index (χ1v) is 11.1. The van der Waals surface area contributed by atoms with Crippen LogP contribution in [0.1, 0.15) is 30.4 Å². The van der Waals surface area contributed by atoms with Crippen molar-refractivity contribution < 1.29 is 8.42 Å². The topological polar surface area (TPSA) is 37.4 Å². The van der Waals surface area contributed by atoms with E-state index in [4.69, 9.17) is 0 Å². The Morgan fingerprint density at radius 3 is 2.28 bits per heavy atom. The van der Waals surface area contributed by atoms with Crippen molar-refractivity contribution in [1.29, 1.82) is 0 Å². The molecule has 1 atom stereocenters. The zero-order valence-electron chi connectivity index (χ0n) is 14.7. The maximum Gasteiger partial charge on any atom is 0.175 e. The van der Waals surface area contributed by atoms with E-state index in [-0.39, 0.29) is 0 Å². The minimum Gasteiger partial charge on any atom is -0.300 e. The summed E-state index contributed by atoms with van der Waals surface area (Å²) >= 11 is 0. The molecule has 1 fully saturated rings. The Morgan fingerprint density at radius 2 is 1.60 bits per heavy atom. The van der Waals surface area contributed by atoms with Crippen molar-refractivity contribution in [2.24, 2.45) is 0 Å². The molecule has 1 heterocycles. The Kier molecular flexibility index (Phi) is 4.42. The first-order valence-electron chi connectivity index (χ1n) is 9.17. The molecule has 3 nitrogen and oxygen atoms in total. The fraction of sp³-hybridized carbons (Fsp3) is 0.429. The van der Waals surface area contributed by atoms with Crippen LogP contribution in [0, 0.1) is 0 Å². The fourth-order valence-electron chi connectivity index (χ4n) is 4.23. The van der Waals surface area contributed by atoms with Crippen LogP contribution in [0.4, 0.5) is 0 Å². The lowest BCUT2D eigenvalue weighted by Crippen LogP contribution is -2.37. The summed E-state index contributed by atoms with van der Waals surface area (Å²) in [6.45, 7) is 2.54. The third-order valence-corrected chi connectivity index (χ3v) is 6.81. The van der Waals surface area contributed by atoms with E-state index in [1.165, 1.54) is 61.7 Å². The Balaban J connectivity index is 1.56. The molecule has 0 radical (unpaired) electrons. The van der Waals surface area contributed by atoms with E-state index in [1.54, 1.807) is 12.1 Å². The summed E-state index contributed by atoms with van der Waals surface area (Å²) in [5, 5.41) is 0. The van der Waals surface area contributed by atoms with Crippen molar-refractivity contribution in [3.63, 3.8) is 0 Å². The zero-order chi connectivity index (χ0) is 17.4. The summed E-state index contributed by atoms with van der Waals surface area (Å²) in [6.07, 6.45) is 7.52. The summed E-state index contributed by atoms with van der Waals surface area (Å²) < 4.78 is 23.2. The van der Waals surface area contributed by atoms with Crippen LogP contribution in [-0.2, 0) is 22.7 Å². The Morgan fingerprint density at radius 1 is 0.920 bits per heavy atom. The van der Waals surface area contributed by atoms with Crippen molar-refractivity contribution in [3.05, 3.63) is 53.6 Å². The molecule has 0 saturated carbocycles. The average Bonchev–Trinajstić information content (AvgIpc) is 3.15. The smallest absolute Gasteiger partial charge is 0.175 e. The molecule has 1 aliphatic carbocycles. The normalized spacial score (nSPS) is 21.2.